The molecule has 5 heteroatoms. The molecule has 1 aromatic carbocycles. The largest absolute Gasteiger partial charge is 0.378 e. The third-order valence-electron chi connectivity index (χ3n) is 4.08. The molecule has 1 amide bonds. The molecule has 1 aliphatic heterocycles. The van der Waals surface area contributed by atoms with Gasteiger partial charge in [0.2, 0.25) is 5.91 Å². The van der Waals surface area contributed by atoms with Crippen molar-refractivity contribution in [2.75, 3.05) is 45.3 Å². The minimum absolute atomic E-state index is 0.110. The second-order valence-electron chi connectivity index (χ2n) is 6.00. The quantitative estimate of drug-likeness (QED) is 0.898. The number of morpholine rings is 1. The maximum atomic E-state index is 12.5. The van der Waals surface area contributed by atoms with Crippen LogP contribution in [0.25, 0.3) is 0 Å². The van der Waals surface area contributed by atoms with Gasteiger partial charge in [-0.05, 0) is 25.5 Å². The van der Waals surface area contributed by atoms with Crippen molar-refractivity contribution >= 4 is 11.6 Å². The second-order valence-corrected chi connectivity index (χ2v) is 6.00. The minimum Gasteiger partial charge on any atom is -0.378 e. The Kier molecular flexibility index (Phi) is 5.80. The topological polar surface area (TPSA) is 44.8 Å². The summed E-state index contributed by atoms with van der Waals surface area (Å²) in [4.78, 5) is 16.5. The first kappa shape index (κ1) is 16.8. The highest BCUT2D eigenvalue weighted by molar-refractivity contribution is 5.81. The zero-order valence-electron chi connectivity index (χ0n) is 14.0. The van der Waals surface area contributed by atoms with Crippen LogP contribution in [0.2, 0.25) is 0 Å². The summed E-state index contributed by atoms with van der Waals surface area (Å²) in [7, 11) is 4.07. The van der Waals surface area contributed by atoms with E-state index in [1.54, 1.807) is 0 Å². The summed E-state index contributed by atoms with van der Waals surface area (Å²) in [6, 6.07) is 8.19. The summed E-state index contributed by atoms with van der Waals surface area (Å²) >= 11 is 0. The molecule has 1 heterocycles. The lowest BCUT2D eigenvalue weighted by Crippen LogP contribution is -2.49. The van der Waals surface area contributed by atoms with Crippen molar-refractivity contribution in [3.05, 3.63) is 29.8 Å². The van der Waals surface area contributed by atoms with Crippen molar-refractivity contribution in [2.24, 2.45) is 0 Å². The molecule has 0 saturated carbocycles. The summed E-state index contributed by atoms with van der Waals surface area (Å²) in [5.74, 6) is 0.150. The predicted octanol–water partition coefficient (Wildman–Crippen LogP) is 1.65. The fourth-order valence-electron chi connectivity index (χ4n) is 2.85. The molecule has 22 heavy (non-hydrogen) atoms. The average molecular weight is 305 g/mol. The van der Waals surface area contributed by atoms with Crippen LogP contribution in [-0.4, -0.2) is 57.2 Å². The lowest BCUT2D eigenvalue weighted by atomic mass is 10.0. The normalized spacial score (nSPS) is 17.9. The van der Waals surface area contributed by atoms with Crippen LogP contribution in [-0.2, 0) is 9.53 Å². The van der Waals surface area contributed by atoms with Crippen molar-refractivity contribution in [3.63, 3.8) is 0 Å². The molecule has 2 rings (SSSR count). The van der Waals surface area contributed by atoms with E-state index in [2.05, 4.69) is 29.3 Å². The van der Waals surface area contributed by atoms with Gasteiger partial charge in [0.1, 0.15) is 0 Å². The fourth-order valence-corrected chi connectivity index (χ4v) is 2.85. The summed E-state index contributed by atoms with van der Waals surface area (Å²) in [6.07, 6.45) is 0. The Morgan fingerprint density at radius 1 is 1.23 bits per heavy atom. The van der Waals surface area contributed by atoms with Crippen molar-refractivity contribution in [1.29, 1.82) is 0 Å². The first-order valence-electron chi connectivity index (χ1n) is 7.89. The van der Waals surface area contributed by atoms with E-state index >= 15 is 0 Å². The number of benzene rings is 1. The van der Waals surface area contributed by atoms with Crippen LogP contribution in [0.4, 0.5) is 5.69 Å². The number of rotatable bonds is 5. The number of hydrogen-bond acceptors (Lipinski definition) is 4. The number of nitrogens with zero attached hydrogens (tertiary/aromatic N) is 2. The number of ether oxygens (including phenoxy) is 1. The predicted molar refractivity (Wildman–Crippen MR) is 89.2 cm³/mol. The van der Waals surface area contributed by atoms with Gasteiger partial charge in [-0.15, -0.1) is 0 Å². The van der Waals surface area contributed by atoms with E-state index in [1.807, 2.05) is 38.1 Å². The molecule has 0 unspecified atom stereocenters. The number of para-hydroxylation sites is 1. The van der Waals surface area contributed by atoms with Crippen LogP contribution in [0.3, 0.4) is 0 Å². The van der Waals surface area contributed by atoms with E-state index < -0.39 is 0 Å². The molecule has 2 atom stereocenters. The van der Waals surface area contributed by atoms with Gasteiger partial charge in [-0.25, -0.2) is 0 Å². The Hall–Kier alpha value is -1.59. The summed E-state index contributed by atoms with van der Waals surface area (Å²) < 4.78 is 5.30. The molecule has 1 fully saturated rings. The van der Waals surface area contributed by atoms with E-state index in [1.165, 1.54) is 11.3 Å². The molecule has 122 valence electrons. The third kappa shape index (κ3) is 3.99. The van der Waals surface area contributed by atoms with Crippen LogP contribution < -0.4 is 10.2 Å². The van der Waals surface area contributed by atoms with Crippen molar-refractivity contribution in [2.45, 2.75) is 25.9 Å². The Balaban J connectivity index is 2.01. The lowest BCUT2D eigenvalue weighted by Gasteiger charge is -2.31. The Bertz CT molecular complexity index is 498. The molecule has 5 nitrogen and oxygen atoms in total. The van der Waals surface area contributed by atoms with Crippen molar-refractivity contribution in [3.8, 4) is 0 Å². The van der Waals surface area contributed by atoms with Crippen molar-refractivity contribution < 1.29 is 9.53 Å². The minimum atomic E-state index is -0.205. The smallest absolute Gasteiger partial charge is 0.239 e. The molecule has 0 aromatic heterocycles. The molecule has 1 aliphatic rings. The number of nitrogens with one attached hydrogen (secondary N) is 1. The second kappa shape index (κ2) is 7.61. The van der Waals surface area contributed by atoms with Crippen LogP contribution in [0.5, 0.6) is 0 Å². The van der Waals surface area contributed by atoms with E-state index in [0.29, 0.717) is 26.3 Å². The summed E-state index contributed by atoms with van der Waals surface area (Å²) in [6.45, 7) is 6.69. The van der Waals surface area contributed by atoms with Gasteiger partial charge in [0.25, 0.3) is 0 Å². The monoisotopic (exact) mass is 305 g/mol. The molecule has 0 spiro atoms. The number of amides is 1. The van der Waals surface area contributed by atoms with E-state index in [4.69, 9.17) is 4.74 Å². The zero-order valence-corrected chi connectivity index (χ0v) is 14.0. The highest BCUT2D eigenvalue weighted by Gasteiger charge is 2.24. The fraction of sp³-hybridized carbons (Fsp3) is 0.588. The SMILES string of the molecule is C[C@@H](N[C@H](C)c1ccccc1N(C)C)C(=O)N1CCOCC1. The average Bonchev–Trinajstić information content (AvgIpc) is 2.54. The van der Waals surface area contributed by atoms with Crippen LogP contribution in [0.15, 0.2) is 24.3 Å². The molecular formula is C17H27N3O2. The highest BCUT2D eigenvalue weighted by atomic mass is 16.5. The van der Waals surface area contributed by atoms with Crippen LogP contribution >= 0.6 is 0 Å². The lowest BCUT2D eigenvalue weighted by molar-refractivity contribution is -0.137. The van der Waals surface area contributed by atoms with E-state index in [9.17, 15) is 4.79 Å². The van der Waals surface area contributed by atoms with Gasteiger partial charge in [0.05, 0.1) is 19.3 Å². The third-order valence-corrected chi connectivity index (χ3v) is 4.08. The first-order valence-corrected chi connectivity index (χ1v) is 7.89. The Morgan fingerprint density at radius 2 is 1.86 bits per heavy atom. The maximum absolute atomic E-state index is 12.5. The number of anilines is 1. The molecular weight excluding hydrogens is 278 g/mol. The number of carbonyl (C=O) groups excluding carboxylic acids is 1. The molecule has 0 bridgehead atoms. The van der Waals surface area contributed by atoms with Gasteiger partial charge in [-0.2, -0.15) is 0 Å². The molecule has 0 radical (unpaired) electrons. The standard InChI is InChI=1S/C17H27N3O2/c1-13(15-7-5-6-8-16(15)19(3)4)18-14(2)17(21)20-9-11-22-12-10-20/h5-8,13-14,18H,9-12H2,1-4H3/t13-,14-/m1/s1. The molecule has 1 saturated heterocycles. The van der Waals surface area contributed by atoms with Crippen LogP contribution in [0.1, 0.15) is 25.5 Å². The van der Waals surface area contributed by atoms with Gasteiger partial charge < -0.3 is 14.5 Å². The van der Waals surface area contributed by atoms with E-state index in [-0.39, 0.29) is 18.0 Å². The number of hydrogen-bond donors (Lipinski definition) is 1. The van der Waals surface area contributed by atoms with Crippen molar-refractivity contribution in [1.82, 2.24) is 10.2 Å². The van der Waals surface area contributed by atoms with Gasteiger partial charge in [0, 0.05) is 38.9 Å². The highest BCUT2D eigenvalue weighted by Crippen LogP contribution is 2.25. The van der Waals surface area contributed by atoms with Crippen LogP contribution in [0, 0.1) is 0 Å². The Labute approximate surface area is 133 Å². The van der Waals surface area contributed by atoms with Gasteiger partial charge in [-0.3, -0.25) is 10.1 Å². The van der Waals surface area contributed by atoms with Gasteiger partial charge in [0.15, 0.2) is 0 Å². The molecule has 1 N–H and O–H groups in total. The Morgan fingerprint density at radius 3 is 2.50 bits per heavy atom. The molecule has 1 aromatic rings. The summed E-state index contributed by atoms with van der Waals surface area (Å²) in [5.41, 5.74) is 2.38. The first-order chi connectivity index (χ1) is 10.5. The maximum Gasteiger partial charge on any atom is 0.239 e. The van der Waals surface area contributed by atoms with E-state index in [0.717, 1.165) is 0 Å². The summed E-state index contributed by atoms with van der Waals surface area (Å²) in [5, 5.41) is 3.43. The zero-order chi connectivity index (χ0) is 16.1. The number of carbonyl (C=O) groups is 1. The van der Waals surface area contributed by atoms with Gasteiger partial charge >= 0.3 is 0 Å². The molecule has 0 aliphatic carbocycles. The van der Waals surface area contributed by atoms with Gasteiger partial charge in [-0.1, -0.05) is 18.2 Å².